The highest BCUT2D eigenvalue weighted by Crippen LogP contribution is 2.15. The molecular formula is C13H26N2O3. The van der Waals surface area contributed by atoms with Gasteiger partial charge in [0.25, 0.3) is 0 Å². The average molecular weight is 258 g/mol. The molecule has 5 heteroatoms. The standard InChI is InChI=1S/C13H26N2O3/c1-10(2)14-13(4,12(16)17-5)9-15-6-7-18-8-11(15)3/h10-11,14H,6-9H2,1-5H3. The summed E-state index contributed by atoms with van der Waals surface area (Å²) >= 11 is 0. The van der Waals surface area contributed by atoms with Gasteiger partial charge in [-0.1, -0.05) is 0 Å². The van der Waals surface area contributed by atoms with Crippen molar-refractivity contribution in [1.29, 1.82) is 0 Å². The zero-order valence-corrected chi connectivity index (χ0v) is 12.2. The molecule has 1 rings (SSSR count). The van der Waals surface area contributed by atoms with Gasteiger partial charge in [-0.2, -0.15) is 0 Å². The van der Waals surface area contributed by atoms with Gasteiger partial charge in [-0.15, -0.1) is 0 Å². The summed E-state index contributed by atoms with van der Waals surface area (Å²) < 4.78 is 10.3. The summed E-state index contributed by atoms with van der Waals surface area (Å²) in [5.41, 5.74) is -0.672. The van der Waals surface area contributed by atoms with Gasteiger partial charge in [-0.3, -0.25) is 15.0 Å². The first-order chi connectivity index (χ1) is 8.39. The van der Waals surface area contributed by atoms with Crippen molar-refractivity contribution in [2.45, 2.75) is 45.3 Å². The molecule has 0 amide bonds. The number of ether oxygens (including phenoxy) is 2. The van der Waals surface area contributed by atoms with Crippen molar-refractivity contribution >= 4 is 5.97 Å². The third kappa shape index (κ3) is 3.93. The second-order valence-electron chi connectivity index (χ2n) is 5.52. The number of esters is 1. The Morgan fingerprint density at radius 2 is 2.28 bits per heavy atom. The minimum Gasteiger partial charge on any atom is -0.468 e. The van der Waals surface area contributed by atoms with Gasteiger partial charge in [0, 0.05) is 25.2 Å². The first-order valence-electron chi connectivity index (χ1n) is 6.57. The summed E-state index contributed by atoms with van der Waals surface area (Å²) in [7, 11) is 1.44. The predicted molar refractivity (Wildman–Crippen MR) is 70.5 cm³/mol. The molecule has 0 aliphatic carbocycles. The molecule has 0 aromatic heterocycles. The van der Waals surface area contributed by atoms with Crippen LogP contribution < -0.4 is 5.32 Å². The maximum Gasteiger partial charge on any atom is 0.327 e. The van der Waals surface area contributed by atoms with Crippen LogP contribution in [-0.2, 0) is 14.3 Å². The molecule has 1 heterocycles. The monoisotopic (exact) mass is 258 g/mol. The summed E-state index contributed by atoms with van der Waals surface area (Å²) in [4.78, 5) is 14.3. The highest BCUT2D eigenvalue weighted by atomic mass is 16.5. The summed E-state index contributed by atoms with van der Waals surface area (Å²) in [5, 5.41) is 3.32. The van der Waals surface area contributed by atoms with Gasteiger partial charge in [-0.25, -0.2) is 0 Å². The molecule has 1 aliphatic heterocycles. The normalized spacial score (nSPS) is 24.9. The third-order valence-electron chi connectivity index (χ3n) is 3.27. The molecule has 1 fully saturated rings. The van der Waals surface area contributed by atoms with E-state index < -0.39 is 5.54 Å². The Balaban J connectivity index is 2.73. The van der Waals surface area contributed by atoms with Crippen LogP contribution in [0.15, 0.2) is 0 Å². The van der Waals surface area contributed by atoms with E-state index in [0.717, 1.165) is 19.8 Å². The molecule has 18 heavy (non-hydrogen) atoms. The van der Waals surface area contributed by atoms with Crippen LogP contribution >= 0.6 is 0 Å². The van der Waals surface area contributed by atoms with Gasteiger partial charge in [0.15, 0.2) is 0 Å². The lowest BCUT2D eigenvalue weighted by Crippen LogP contribution is -2.61. The van der Waals surface area contributed by atoms with E-state index in [1.54, 1.807) is 0 Å². The maximum atomic E-state index is 12.0. The van der Waals surface area contributed by atoms with Gasteiger partial charge in [0.05, 0.1) is 20.3 Å². The lowest BCUT2D eigenvalue weighted by molar-refractivity contribution is -0.150. The quantitative estimate of drug-likeness (QED) is 0.733. The minimum absolute atomic E-state index is 0.213. The van der Waals surface area contributed by atoms with Gasteiger partial charge < -0.3 is 9.47 Å². The van der Waals surface area contributed by atoms with Crippen molar-refractivity contribution in [1.82, 2.24) is 10.2 Å². The van der Waals surface area contributed by atoms with E-state index in [2.05, 4.69) is 17.1 Å². The Morgan fingerprint density at radius 1 is 1.61 bits per heavy atom. The molecule has 0 spiro atoms. The Hall–Kier alpha value is -0.650. The first kappa shape index (κ1) is 15.4. The zero-order chi connectivity index (χ0) is 13.8. The van der Waals surface area contributed by atoms with Crippen molar-refractivity contribution in [3.63, 3.8) is 0 Å². The molecule has 2 unspecified atom stereocenters. The smallest absolute Gasteiger partial charge is 0.327 e. The predicted octanol–water partition coefficient (Wildman–Crippen LogP) is 0.637. The second kappa shape index (κ2) is 6.50. The molecule has 106 valence electrons. The highest BCUT2D eigenvalue weighted by molar-refractivity contribution is 5.80. The topological polar surface area (TPSA) is 50.8 Å². The maximum absolute atomic E-state index is 12.0. The molecule has 1 saturated heterocycles. The number of nitrogens with zero attached hydrogens (tertiary/aromatic N) is 1. The van der Waals surface area contributed by atoms with Crippen LogP contribution in [0.3, 0.4) is 0 Å². The third-order valence-corrected chi connectivity index (χ3v) is 3.27. The lowest BCUT2D eigenvalue weighted by atomic mass is 9.99. The molecule has 2 atom stereocenters. The van der Waals surface area contributed by atoms with E-state index in [1.165, 1.54) is 7.11 Å². The van der Waals surface area contributed by atoms with Gasteiger partial charge in [-0.05, 0) is 27.7 Å². The molecule has 0 bridgehead atoms. The summed E-state index contributed by atoms with van der Waals surface area (Å²) in [5.74, 6) is -0.213. The van der Waals surface area contributed by atoms with Crippen LogP contribution in [0.4, 0.5) is 0 Å². The number of rotatable bonds is 5. The van der Waals surface area contributed by atoms with Crippen molar-refractivity contribution in [2.24, 2.45) is 0 Å². The van der Waals surface area contributed by atoms with Crippen molar-refractivity contribution in [3.05, 3.63) is 0 Å². The fourth-order valence-corrected chi connectivity index (χ4v) is 2.43. The molecular weight excluding hydrogens is 232 g/mol. The lowest BCUT2D eigenvalue weighted by Gasteiger charge is -2.40. The molecule has 0 radical (unpaired) electrons. The molecule has 1 N–H and O–H groups in total. The number of morpholine rings is 1. The van der Waals surface area contributed by atoms with Crippen LogP contribution in [0.5, 0.6) is 0 Å². The molecule has 1 aliphatic rings. The molecule has 0 saturated carbocycles. The van der Waals surface area contributed by atoms with Crippen LogP contribution in [0.25, 0.3) is 0 Å². The number of carbonyl (C=O) groups is 1. The van der Waals surface area contributed by atoms with Gasteiger partial charge in [0.1, 0.15) is 5.54 Å². The zero-order valence-electron chi connectivity index (χ0n) is 12.2. The van der Waals surface area contributed by atoms with Crippen molar-refractivity contribution in [3.8, 4) is 0 Å². The second-order valence-corrected chi connectivity index (χ2v) is 5.52. The molecule has 0 aromatic rings. The van der Waals surface area contributed by atoms with Crippen LogP contribution in [0.1, 0.15) is 27.7 Å². The van der Waals surface area contributed by atoms with E-state index in [1.807, 2.05) is 20.8 Å². The highest BCUT2D eigenvalue weighted by Gasteiger charge is 2.38. The largest absolute Gasteiger partial charge is 0.468 e. The number of hydrogen-bond donors (Lipinski definition) is 1. The summed E-state index contributed by atoms with van der Waals surface area (Å²) in [6.07, 6.45) is 0. The number of carbonyl (C=O) groups excluding carboxylic acids is 1. The fourth-order valence-electron chi connectivity index (χ4n) is 2.43. The van der Waals surface area contributed by atoms with Crippen LogP contribution in [0.2, 0.25) is 0 Å². The van der Waals surface area contributed by atoms with Gasteiger partial charge >= 0.3 is 5.97 Å². The van der Waals surface area contributed by atoms with Crippen molar-refractivity contribution in [2.75, 3.05) is 33.4 Å². The SMILES string of the molecule is COC(=O)C(C)(CN1CCOCC1C)NC(C)C. The Bertz CT molecular complexity index is 283. The number of hydrogen-bond acceptors (Lipinski definition) is 5. The molecule has 5 nitrogen and oxygen atoms in total. The number of methoxy groups -OCH3 is 1. The van der Waals surface area contributed by atoms with Gasteiger partial charge in [0.2, 0.25) is 0 Å². The Kier molecular flexibility index (Phi) is 5.56. The minimum atomic E-state index is -0.672. The Morgan fingerprint density at radius 3 is 2.78 bits per heavy atom. The Labute approximate surface area is 110 Å². The van der Waals surface area contributed by atoms with Crippen LogP contribution in [-0.4, -0.2) is 61.9 Å². The first-order valence-corrected chi connectivity index (χ1v) is 6.57. The summed E-state index contributed by atoms with van der Waals surface area (Å²) in [6, 6.07) is 0.558. The van der Waals surface area contributed by atoms with E-state index in [9.17, 15) is 4.79 Å². The fraction of sp³-hybridized carbons (Fsp3) is 0.923. The average Bonchev–Trinajstić information content (AvgIpc) is 2.30. The van der Waals surface area contributed by atoms with Crippen molar-refractivity contribution < 1.29 is 14.3 Å². The number of nitrogens with one attached hydrogen (secondary N) is 1. The summed E-state index contributed by atoms with van der Waals surface area (Å²) in [6.45, 7) is 11.0. The van der Waals surface area contributed by atoms with Crippen LogP contribution in [0, 0.1) is 0 Å². The van der Waals surface area contributed by atoms with E-state index in [4.69, 9.17) is 9.47 Å². The van der Waals surface area contributed by atoms with E-state index in [-0.39, 0.29) is 12.0 Å². The molecule has 0 aromatic carbocycles. The van der Waals surface area contributed by atoms with E-state index >= 15 is 0 Å². The van der Waals surface area contributed by atoms with E-state index in [0.29, 0.717) is 12.6 Å².